The zero-order valence-electron chi connectivity index (χ0n) is 16.8. The molecule has 3 amide bonds. The van der Waals surface area contributed by atoms with Crippen LogP contribution in [0.5, 0.6) is 0 Å². The van der Waals surface area contributed by atoms with Crippen molar-refractivity contribution < 1.29 is 32.5 Å². The molecule has 0 atom stereocenters. The van der Waals surface area contributed by atoms with Gasteiger partial charge in [0.1, 0.15) is 4.90 Å². The van der Waals surface area contributed by atoms with Gasteiger partial charge in [0.05, 0.1) is 10.5 Å². The molecule has 0 fully saturated rings. The Morgan fingerprint density at radius 1 is 1.06 bits per heavy atom. The number of sulfone groups is 1. The van der Waals surface area contributed by atoms with Crippen LogP contribution in [-0.4, -0.2) is 44.1 Å². The summed E-state index contributed by atoms with van der Waals surface area (Å²) in [6, 6.07) is 6.99. The maximum Gasteiger partial charge on any atom is 0.338 e. The second kappa shape index (κ2) is 9.34. The summed E-state index contributed by atoms with van der Waals surface area (Å²) < 4.78 is 28.0. The lowest BCUT2D eigenvalue weighted by Crippen LogP contribution is -2.37. The van der Waals surface area contributed by atoms with Crippen LogP contribution in [-0.2, 0) is 19.4 Å². The Hall–Kier alpha value is -3.80. The molecule has 0 radical (unpaired) electrons. The third-order valence-corrected chi connectivity index (χ3v) is 5.29. The highest BCUT2D eigenvalue weighted by atomic mass is 32.2. The average molecular weight is 449 g/mol. The number of hydrogen-bond acceptors (Lipinski definition) is 8. The Bertz CT molecular complexity index is 1170. The smallest absolute Gasteiger partial charge is 0.338 e. The Morgan fingerprint density at radius 2 is 1.74 bits per heavy atom. The first kappa shape index (κ1) is 23.5. The van der Waals surface area contributed by atoms with Gasteiger partial charge in [-0.3, -0.25) is 20.2 Å². The van der Waals surface area contributed by atoms with Gasteiger partial charge >= 0.3 is 12.0 Å². The highest BCUT2D eigenvalue weighted by molar-refractivity contribution is 7.90. The van der Waals surface area contributed by atoms with E-state index in [0.29, 0.717) is 5.69 Å². The molecule has 2 aromatic carbocycles. The number of imide groups is 1. The van der Waals surface area contributed by atoms with Crippen molar-refractivity contribution in [1.82, 2.24) is 5.32 Å². The van der Waals surface area contributed by atoms with Crippen molar-refractivity contribution >= 4 is 39.1 Å². The minimum atomic E-state index is -3.89. The molecule has 12 heteroatoms. The van der Waals surface area contributed by atoms with Crippen LogP contribution < -0.4 is 10.6 Å². The van der Waals surface area contributed by atoms with Crippen molar-refractivity contribution in [1.29, 1.82) is 0 Å². The summed E-state index contributed by atoms with van der Waals surface area (Å²) in [5.74, 6) is -2.04. The lowest BCUT2D eigenvalue weighted by atomic mass is 10.1. The zero-order valence-corrected chi connectivity index (χ0v) is 17.6. The van der Waals surface area contributed by atoms with Crippen LogP contribution in [0.3, 0.4) is 0 Å². The van der Waals surface area contributed by atoms with Crippen molar-refractivity contribution in [3.05, 3.63) is 63.2 Å². The largest absolute Gasteiger partial charge is 0.452 e. The molecule has 0 spiro atoms. The Morgan fingerprint density at radius 3 is 2.32 bits per heavy atom. The van der Waals surface area contributed by atoms with Gasteiger partial charge in [-0.2, -0.15) is 0 Å². The number of amides is 3. The number of aryl methyl sites for hydroxylation is 2. The third-order valence-electron chi connectivity index (χ3n) is 4.14. The molecular formula is C19H19N3O8S. The van der Waals surface area contributed by atoms with Crippen LogP contribution in [0.1, 0.15) is 21.5 Å². The fraction of sp³-hybridized carbons (Fsp3) is 0.211. The molecule has 0 heterocycles. The molecular weight excluding hydrogens is 430 g/mol. The van der Waals surface area contributed by atoms with Crippen molar-refractivity contribution in [3.8, 4) is 0 Å². The van der Waals surface area contributed by atoms with Gasteiger partial charge in [-0.05, 0) is 49.2 Å². The summed E-state index contributed by atoms with van der Waals surface area (Å²) in [5, 5.41) is 15.5. The summed E-state index contributed by atoms with van der Waals surface area (Å²) in [7, 11) is -3.89. The molecule has 11 nitrogen and oxygen atoms in total. The number of carbonyl (C=O) groups is 3. The highest BCUT2D eigenvalue weighted by Gasteiger charge is 2.24. The molecule has 0 bridgehead atoms. The summed E-state index contributed by atoms with van der Waals surface area (Å²) in [5.41, 5.74) is 1.30. The molecule has 31 heavy (non-hydrogen) atoms. The number of nitrogens with zero attached hydrogens (tertiary/aromatic N) is 1. The van der Waals surface area contributed by atoms with E-state index in [2.05, 4.69) is 5.32 Å². The molecule has 164 valence electrons. The van der Waals surface area contributed by atoms with Gasteiger partial charge in [-0.25, -0.2) is 18.0 Å². The number of benzene rings is 2. The minimum Gasteiger partial charge on any atom is -0.452 e. The molecule has 2 N–H and O–H groups in total. The number of ether oxygens (including phenoxy) is 1. The molecule has 0 aliphatic heterocycles. The van der Waals surface area contributed by atoms with E-state index in [1.807, 2.05) is 19.2 Å². The van der Waals surface area contributed by atoms with Gasteiger partial charge < -0.3 is 10.1 Å². The van der Waals surface area contributed by atoms with Crippen LogP contribution in [0.25, 0.3) is 0 Å². The van der Waals surface area contributed by atoms with E-state index in [-0.39, 0.29) is 5.56 Å². The van der Waals surface area contributed by atoms with Crippen LogP contribution >= 0.6 is 0 Å². The number of nitro groups is 1. The number of anilines is 1. The van der Waals surface area contributed by atoms with E-state index < -0.39 is 49.9 Å². The number of esters is 1. The first-order valence-corrected chi connectivity index (χ1v) is 10.6. The Kier molecular flexibility index (Phi) is 7.08. The predicted molar refractivity (Wildman–Crippen MR) is 110 cm³/mol. The zero-order chi connectivity index (χ0) is 23.3. The number of hydrogen-bond donors (Lipinski definition) is 2. The average Bonchev–Trinajstić information content (AvgIpc) is 2.67. The minimum absolute atomic E-state index is 0.327. The predicted octanol–water partition coefficient (Wildman–Crippen LogP) is 2.12. The van der Waals surface area contributed by atoms with Crippen molar-refractivity contribution in [2.75, 3.05) is 18.2 Å². The quantitative estimate of drug-likeness (QED) is 0.385. The Labute approximate surface area is 177 Å². The maximum atomic E-state index is 12.1. The topological polar surface area (TPSA) is 162 Å². The van der Waals surface area contributed by atoms with Gasteiger partial charge in [0.25, 0.3) is 11.6 Å². The van der Waals surface area contributed by atoms with Crippen LogP contribution in [0.4, 0.5) is 16.2 Å². The van der Waals surface area contributed by atoms with E-state index in [1.54, 1.807) is 18.2 Å². The van der Waals surface area contributed by atoms with Gasteiger partial charge in [0.2, 0.25) is 0 Å². The monoisotopic (exact) mass is 449 g/mol. The summed E-state index contributed by atoms with van der Waals surface area (Å²) in [6.45, 7) is 2.93. The van der Waals surface area contributed by atoms with Gasteiger partial charge in [-0.1, -0.05) is 6.07 Å². The van der Waals surface area contributed by atoms with Crippen molar-refractivity contribution in [2.24, 2.45) is 0 Å². The fourth-order valence-electron chi connectivity index (χ4n) is 2.46. The first-order chi connectivity index (χ1) is 14.4. The second-order valence-corrected chi connectivity index (χ2v) is 8.57. The molecule has 0 saturated heterocycles. The van der Waals surface area contributed by atoms with Gasteiger partial charge in [-0.15, -0.1) is 0 Å². The molecule has 0 aliphatic carbocycles. The standard InChI is InChI=1S/C19H19N3O8S/c1-11-4-6-14(8-12(11)2)20-19(25)21-17(23)10-30-18(24)13-5-7-16(31(3,28)29)15(9-13)22(26)27/h4-9H,10H2,1-3H3,(H2,20,21,23,25). The van der Waals surface area contributed by atoms with E-state index >= 15 is 0 Å². The molecule has 0 aromatic heterocycles. The Balaban J connectivity index is 1.98. The first-order valence-electron chi connectivity index (χ1n) is 8.72. The number of nitro benzene ring substituents is 1. The van der Waals surface area contributed by atoms with Gasteiger partial charge in [0, 0.05) is 18.0 Å². The maximum absolute atomic E-state index is 12.1. The molecule has 0 unspecified atom stereocenters. The lowest BCUT2D eigenvalue weighted by Gasteiger charge is -2.09. The van der Waals surface area contributed by atoms with Crippen molar-refractivity contribution in [2.45, 2.75) is 18.7 Å². The van der Waals surface area contributed by atoms with E-state index in [1.165, 1.54) is 0 Å². The molecule has 2 rings (SSSR count). The van der Waals surface area contributed by atoms with Gasteiger partial charge in [0.15, 0.2) is 16.4 Å². The molecule has 0 aliphatic rings. The second-order valence-electron chi connectivity index (χ2n) is 6.59. The number of urea groups is 1. The van der Waals surface area contributed by atoms with Crippen LogP contribution in [0.2, 0.25) is 0 Å². The molecule has 0 saturated carbocycles. The lowest BCUT2D eigenvalue weighted by molar-refractivity contribution is -0.387. The summed E-state index contributed by atoms with van der Waals surface area (Å²) >= 11 is 0. The third kappa shape index (κ3) is 6.34. The van der Waals surface area contributed by atoms with E-state index in [0.717, 1.165) is 35.6 Å². The highest BCUT2D eigenvalue weighted by Crippen LogP contribution is 2.25. The van der Waals surface area contributed by atoms with E-state index in [4.69, 9.17) is 4.74 Å². The SMILES string of the molecule is Cc1ccc(NC(=O)NC(=O)COC(=O)c2ccc(S(C)(=O)=O)c([N+](=O)[O-])c2)cc1C. The fourth-order valence-corrected chi connectivity index (χ4v) is 3.29. The number of carbonyl (C=O) groups excluding carboxylic acids is 3. The van der Waals surface area contributed by atoms with E-state index in [9.17, 15) is 32.9 Å². The van der Waals surface area contributed by atoms with Crippen LogP contribution in [0, 0.1) is 24.0 Å². The van der Waals surface area contributed by atoms with Crippen molar-refractivity contribution in [3.63, 3.8) is 0 Å². The molecule has 2 aromatic rings. The van der Waals surface area contributed by atoms with Crippen LogP contribution in [0.15, 0.2) is 41.3 Å². The normalized spacial score (nSPS) is 10.8. The number of nitrogens with one attached hydrogen (secondary N) is 2. The summed E-state index contributed by atoms with van der Waals surface area (Å²) in [4.78, 5) is 45.3. The number of rotatable bonds is 6. The summed E-state index contributed by atoms with van der Waals surface area (Å²) in [6.07, 6.45) is 0.792.